The van der Waals surface area contributed by atoms with Crippen LogP contribution in [0.25, 0.3) is 11.0 Å². The van der Waals surface area contributed by atoms with E-state index in [4.69, 9.17) is 0 Å². The minimum atomic E-state index is -0.148. The highest BCUT2D eigenvalue weighted by Crippen LogP contribution is 2.18. The molecule has 27 heavy (non-hydrogen) atoms. The zero-order chi connectivity index (χ0) is 19.4. The molecule has 0 atom stereocenters. The SMILES string of the molecule is Cc1ccc(C(=O)NC(C)C)cc1NC(=O)CCn1cnc2ccccc21. The fourth-order valence-corrected chi connectivity index (χ4v) is 2.87. The van der Waals surface area contributed by atoms with Crippen molar-refractivity contribution in [1.82, 2.24) is 14.9 Å². The van der Waals surface area contributed by atoms with Gasteiger partial charge in [-0.15, -0.1) is 0 Å². The Bertz CT molecular complexity index is 975. The molecule has 0 saturated carbocycles. The zero-order valence-electron chi connectivity index (χ0n) is 15.8. The Morgan fingerprint density at radius 3 is 2.70 bits per heavy atom. The van der Waals surface area contributed by atoms with E-state index in [9.17, 15) is 9.59 Å². The monoisotopic (exact) mass is 364 g/mol. The first-order valence-electron chi connectivity index (χ1n) is 9.05. The standard InChI is InChI=1S/C21H24N4O2/c1-14(2)23-21(27)16-9-8-15(3)18(12-16)24-20(26)10-11-25-13-22-17-6-4-5-7-19(17)25/h4-9,12-14H,10-11H2,1-3H3,(H,23,27)(H,24,26). The van der Waals surface area contributed by atoms with Gasteiger partial charge in [0.15, 0.2) is 0 Å². The molecule has 0 aliphatic carbocycles. The highest BCUT2D eigenvalue weighted by molar-refractivity contribution is 5.97. The van der Waals surface area contributed by atoms with Gasteiger partial charge in [0.1, 0.15) is 0 Å². The number of hydrogen-bond donors (Lipinski definition) is 2. The van der Waals surface area contributed by atoms with E-state index < -0.39 is 0 Å². The number of nitrogens with zero attached hydrogens (tertiary/aromatic N) is 2. The van der Waals surface area contributed by atoms with Crippen molar-refractivity contribution in [1.29, 1.82) is 0 Å². The first-order chi connectivity index (χ1) is 12.9. The maximum absolute atomic E-state index is 12.4. The van der Waals surface area contributed by atoms with Gasteiger partial charge in [-0.3, -0.25) is 9.59 Å². The van der Waals surface area contributed by atoms with Crippen molar-refractivity contribution < 1.29 is 9.59 Å². The number of carbonyl (C=O) groups is 2. The van der Waals surface area contributed by atoms with Gasteiger partial charge in [0.05, 0.1) is 17.4 Å². The van der Waals surface area contributed by atoms with Crippen molar-refractivity contribution in [3.8, 4) is 0 Å². The number of para-hydroxylation sites is 2. The predicted octanol–water partition coefficient (Wildman–Crippen LogP) is 3.51. The molecule has 6 nitrogen and oxygen atoms in total. The fourth-order valence-electron chi connectivity index (χ4n) is 2.87. The third kappa shape index (κ3) is 4.53. The van der Waals surface area contributed by atoms with Crippen LogP contribution in [0.3, 0.4) is 0 Å². The Morgan fingerprint density at radius 1 is 1.15 bits per heavy atom. The molecule has 2 amide bonds. The van der Waals surface area contributed by atoms with Gasteiger partial charge in [-0.1, -0.05) is 18.2 Å². The molecule has 0 saturated heterocycles. The number of imidazole rings is 1. The number of rotatable bonds is 6. The Morgan fingerprint density at radius 2 is 1.93 bits per heavy atom. The Balaban J connectivity index is 1.66. The maximum atomic E-state index is 12.4. The molecule has 0 bridgehead atoms. The molecular formula is C21H24N4O2. The van der Waals surface area contributed by atoms with Crippen LogP contribution < -0.4 is 10.6 Å². The van der Waals surface area contributed by atoms with Gasteiger partial charge in [0, 0.05) is 30.3 Å². The van der Waals surface area contributed by atoms with Gasteiger partial charge < -0.3 is 15.2 Å². The molecule has 2 N–H and O–H groups in total. The van der Waals surface area contributed by atoms with Crippen LogP contribution in [-0.2, 0) is 11.3 Å². The lowest BCUT2D eigenvalue weighted by Gasteiger charge is -2.12. The summed E-state index contributed by atoms with van der Waals surface area (Å²) in [7, 11) is 0. The summed E-state index contributed by atoms with van der Waals surface area (Å²) in [6, 6.07) is 13.2. The number of carbonyl (C=O) groups excluding carboxylic acids is 2. The second kappa shape index (κ2) is 8.03. The molecule has 1 heterocycles. The number of benzene rings is 2. The van der Waals surface area contributed by atoms with Crippen molar-refractivity contribution in [2.45, 2.75) is 39.8 Å². The minimum Gasteiger partial charge on any atom is -0.350 e. The van der Waals surface area contributed by atoms with Crippen LogP contribution in [0.4, 0.5) is 5.69 Å². The van der Waals surface area contributed by atoms with Gasteiger partial charge in [0.2, 0.25) is 5.91 Å². The summed E-state index contributed by atoms with van der Waals surface area (Å²) in [5.41, 5.74) is 4.03. The average molecular weight is 364 g/mol. The summed E-state index contributed by atoms with van der Waals surface area (Å²) >= 11 is 0. The number of aryl methyl sites for hydroxylation is 2. The predicted molar refractivity (Wildman–Crippen MR) is 107 cm³/mol. The van der Waals surface area contributed by atoms with E-state index in [0.29, 0.717) is 24.2 Å². The minimum absolute atomic E-state index is 0.0573. The second-order valence-corrected chi connectivity index (χ2v) is 6.88. The lowest BCUT2D eigenvalue weighted by Crippen LogP contribution is -2.30. The van der Waals surface area contributed by atoms with E-state index in [1.165, 1.54) is 0 Å². The van der Waals surface area contributed by atoms with E-state index >= 15 is 0 Å². The first kappa shape index (κ1) is 18.6. The summed E-state index contributed by atoms with van der Waals surface area (Å²) in [4.78, 5) is 28.9. The molecule has 0 radical (unpaired) electrons. The number of aromatic nitrogens is 2. The van der Waals surface area contributed by atoms with Crippen LogP contribution in [0, 0.1) is 6.92 Å². The van der Waals surface area contributed by atoms with E-state index in [0.717, 1.165) is 16.6 Å². The maximum Gasteiger partial charge on any atom is 0.251 e. The normalized spacial score (nSPS) is 11.0. The fraction of sp³-hybridized carbons (Fsp3) is 0.286. The average Bonchev–Trinajstić information content (AvgIpc) is 3.04. The van der Waals surface area contributed by atoms with E-state index in [1.54, 1.807) is 18.5 Å². The molecule has 0 fully saturated rings. The van der Waals surface area contributed by atoms with Crippen molar-refractivity contribution in [2.75, 3.05) is 5.32 Å². The second-order valence-electron chi connectivity index (χ2n) is 6.88. The van der Waals surface area contributed by atoms with Crippen LogP contribution >= 0.6 is 0 Å². The number of amides is 2. The quantitative estimate of drug-likeness (QED) is 0.703. The molecule has 140 valence electrons. The highest BCUT2D eigenvalue weighted by atomic mass is 16.2. The van der Waals surface area contributed by atoms with Gasteiger partial charge >= 0.3 is 0 Å². The van der Waals surface area contributed by atoms with Crippen LogP contribution in [0.1, 0.15) is 36.2 Å². The van der Waals surface area contributed by atoms with Crippen LogP contribution in [0.5, 0.6) is 0 Å². The first-order valence-corrected chi connectivity index (χ1v) is 9.05. The smallest absolute Gasteiger partial charge is 0.251 e. The van der Waals surface area contributed by atoms with E-state index in [1.807, 2.05) is 55.7 Å². The third-order valence-corrected chi connectivity index (χ3v) is 4.30. The van der Waals surface area contributed by atoms with Crippen molar-refractivity contribution in [3.05, 3.63) is 59.9 Å². The number of fused-ring (bicyclic) bond motifs is 1. The largest absolute Gasteiger partial charge is 0.350 e. The Kier molecular flexibility index (Phi) is 5.54. The molecule has 0 spiro atoms. The lowest BCUT2D eigenvalue weighted by atomic mass is 10.1. The van der Waals surface area contributed by atoms with Crippen molar-refractivity contribution in [2.24, 2.45) is 0 Å². The summed E-state index contributed by atoms with van der Waals surface area (Å²) in [5, 5.41) is 5.77. The summed E-state index contributed by atoms with van der Waals surface area (Å²) in [6.45, 7) is 6.27. The van der Waals surface area contributed by atoms with Gasteiger partial charge in [-0.25, -0.2) is 4.98 Å². The van der Waals surface area contributed by atoms with Crippen LogP contribution in [0.2, 0.25) is 0 Å². The topological polar surface area (TPSA) is 76.0 Å². The molecule has 3 rings (SSSR count). The molecule has 2 aromatic carbocycles. The summed E-state index contributed by atoms with van der Waals surface area (Å²) < 4.78 is 1.97. The van der Waals surface area contributed by atoms with Crippen LogP contribution in [0.15, 0.2) is 48.8 Å². The zero-order valence-corrected chi connectivity index (χ0v) is 15.8. The molecule has 0 aliphatic heterocycles. The van der Waals surface area contributed by atoms with Gasteiger partial charge in [0.25, 0.3) is 5.91 Å². The van der Waals surface area contributed by atoms with Gasteiger partial charge in [-0.2, -0.15) is 0 Å². The molecule has 1 aromatic heterocycles. The molecule has 0 unspecified atom stereocenters. The lowest BCUT2D eigenvalue weighted by molar-refractivity contribution is -0.116. The van der Waals surface area contributed by atoms with E-state index in [-0.39, 0.29) is 17.9 Å². The summed E-state index contributed by atoms with van der Waals surface area (Å²) in [6.07, 6.45) is 2.07. The summed E-state index contributed by atoms with van der Waals surface area (Å²) in [5.74, 6) is -0.248. The van der Waals surface area contributed by atoms with Crippen LogP contribution in [-0.4, -0.2) is 27.4 Å². The molecular weight excluding hydrogens is 340 g/mol. The number of nitrogens with one attached hydrogen (secondary N) is 2. The van der Waals surface area contributed by atoms with Crippen molar-refractivity contribution >= 4 is 28.5 Å². The van der Waals surface area contributed by atoms with E-state index in [2.05, 4.69) is 15.6 Å². The number of hydrogen-bond acceptors (Lipinski definition) is 3. The molecule has 0 aliphatic rings. The van der Waals surface area contributed by atoms with Crippen molar-refractivity contribution in [3.63, 3.8) is 0 Å². The third-order valence-electron chi connectivity index (χ3n) is 4.30. The van der Waals surface area contributed by atoms with Gasteiger partial charge in [-0.05, 0) is 50.6 Å². The Labute approximate surface area is 158 Å². The molecule has 6 heteroatoms. The molecule has 3 aromatic rings. The highest BCUT2D eigenvalue weighted by Gasteiger charge is 2.11. The Hall–Kier alpha value is -3.15. The number of anilines is 1.